The molecule has 0 atom stereocenters. The number of imidazole rings is 1. The number of allylic oxidation sites excluding steroid dienone is 1. The van der Waals surface area contributed by atoms with Gasteiger partial charge in [-0.15, -0.1) is 17.9 Å². The van der Waals surface area contributed by atoms with Crippen LogP contribution in [0.2, 0.25) is 0 Å². The molecule has 3 heterocycles. The van der Waals surface area contributed by atoms with Crippen molar-refractivity contribution < 1.29 is 0 Å². The molecule has 0 N–H and O–H groups in total. The van der Waals surface area contributed by atoms with Crippen LogP contribution < -0.4 is 14.8 Å². The zero-order chi connectivity index (χ0) is 20.4. The van der Waals surface area contributed by atoms with Gasteiger partial charge in [-0.05, 0) is 30.3 Å². The number of para-hydroxylation sites is 2. The molecule has 0 amide bonds. The van der Waals surface area contributed by atoms with E-state index in [1.54, 1.807) is 22.9 Å². The average molecular weight is 399 g/mol. The number of benzene rings is 1. The molecule has 0 bridgehead atoms. The second kappa shape index (κ2) is 7.70. The number of thiazole rings is 1. The normalized spacial score (nSPS) is 12.8. The maximum Gasteiger partial charge on any atom is 0.269 e. The lowest BCUT2D eigenvalue weighted by Crippen LogP contribution is -2.32. The molecule has 7 heteroatoms. The van der Waals surface area contributed by atoms with E-state index in [4.69, 9.17) is 0 Å². The number of nitriles is 1. The topological polar surface area (TPSA) is 76.5 Å². The fraction of sp³-hybridized carbons (Fsp3) is 0.0909. The Morgan fingerprint density at radius 2 is 2.07 bits per heavy atom. The number of rotatable bonds is 4. The smallest absolute Gasteiger partial charge is 0.269 e. The highest BCUT2D eigenvalue weighted by atomic mass is 32.1. The van der Waals surface area contributed by atoms with Crippen molar-refractivity contribution in [2.24, 2.45) is 7.05 Å². The van der Waals surface area contributed by atoms with Crippen molar-refractivity contribution in [2.75, 3.05) is 0 Å². The summed E-state index contributed by atoms with van der Waals surface area (Å²) in [6.07, 6.45) is 5.06. The van der Waals surface area contributed by atoms with Crippen molar-refractivity contribution in [3.63, 3.8) is 0 Å². The molecule has 0 unspecified atom stereocenters. The SMILES string of the molecule is C=CCn1c(=O)/c(=C/c2ccccn2)s/c1=C(/C#N)c1nc2ccccc2n1C. The third kappa shape index (κ3) is 3.30. The maximum absolute atomic E-state index is 13.0. The zero-order valence-electron chi connectivity index (χ0n) is 15.7. The van der Waals surface area contributed by atoms with Crippen LogP contribution in [0.5, 0.6) is 0 Å². The Balaban J connectivity index is 2.07. The zero-order valence-corrected chi connectivity index (χ0v) is 16.6. The van der Waals surface area contributed by atoms with Gasteiger partial charge in [-0.2, -0.15) is 5.26 Å². The van der Waals surface area contributed by atoms with Crippen LogP contribution in [0.15, 0.2) is 66.1 Å². The predicted octanol–water partition coefficient (Wildman–Crippen LogP) is 1.93. The highest BCUT2D eigenvalue weighted by Crippen LogP contribution is 2.18. The Morgan fingerprint density at radius 1 is 1.28 bits per heavy atom. The molecule has 0 radical (unpaired) electrons. The number of hydrogen-bond donors (Lipinski definition) is 0. The molecule has 3 aromatic heterocycles. The molecule has 0 aliphatic heterocycles. The van der Waals surface area contributed by atoms with E-state index in [0.717, 1.165) is 11.0 Å². The first kappa shape index (κ1) is 18.6. The molecule has 4 rings (SSSR count). The minimum atomic E-state index is -0.179. The van der Waals surface area contributed by atoms with Crippen molar-refractivity contribution in [3.05, 3.63) is 92.4 Å². The van der Waals surface area contributed by atoms with E-state index in [1.807, 2.05) is 54.1 Å². The van der Waals surface area contributed by atoms with Crippen LogP contribution in [0.3, 0.4) is 0 Å². The summed E-state index contributed by atoms with van der Waals surface area (Å²) in [4.78, 5) is 21.9. The molecule has 0 aliphatic carbocycles. The van der Waals surface area contributed by atoms with Gasteiger partial charge in [-0.1, -0.05) is 24.3 Å². The first-order valence-corrected chi connectivity index (χ1v) is 9.75. The number of fused-ring (bicyclic) bond motifs is 1. The average Bonchev–Trinajstić information content (AvgIpc) is 3.23. The van der Waals surface area contributed by atoms with Gasteiger partial charge in [-0.3, -0.25) is 14.3 Å². The second-order valence-corrected chi connectivity index (χ2v) is 7.38. The Hall–Kier alpha value is -3.76. The predicted molar refractivity (Wildman–Crippen MR) is 115 cm³/mol. The minimum Gasteiger partial charge on any atom is -0.326 e. The van der Waals surface area contributed by atoms with Crippen LogP contribution in [0.4, 0.5) is 0 Å². The molecule has 0 spiro atoms. The van der Waals surface area contributed by atoms with E-state index in [1.165, 1.54) is 11.3 Å². The molecule has 0 fully saturated rings. The summed E-state index contributed by atoms with van der Waals surface area (Å²) in [5, 5.41) is 9.97. The van der Waals surface area contributed by atoms with Gasteiger partial charge in [0.2, 0.25) is 0 Å². The summed E-state index contributed by atoms with van der Waals surface area (Å²) in [5.74, 6) is 0.525. The Labute approximate surface area is 170 Å². The summed E-state index contributed by atoms with van der Waals surface area (Å²) < 4.78 is 4.49. The maximum atomic E-state index is 13.0. The monoisotopic (exact) mass is 399 g/mol. The van der Waals surface area contributed by atoms with Gasteiger partial charge >= 0.3 is 0 Å². The summed E-state index contributed by atoms with van der Waals surface area (Å²) in [6, 6.07) is 15.5. The van der Waals surface area contributed by atoms with Gasteiger partial charge in [0.15, 0.2) is 5.82 Å². The van der Waals surface area contributed by atoms with Gasteiger partial charge in [0.1, 0.15) is 16.3 Å². The van der Waals surface area contributed by atoms with E-state index in [-0.39, 0.29) is 5.56 Å². The highest BCUT2D eigenvalue weighted by Gasteiger charge is 2.16. The van der Waals surface area contributed by atoms with E-state index in [0.29, 0.717) is 32.8 Å². The van der Waals surface area contributed by atoms with Gasteiger partial charge in [0.25, 0.3) is 5.56 Å². The van der Waals surface area contributed by atoms with Crippen LogP contribution in [0.1, 0.15) is 11.5 Å². The van der Waals surface area contributed by atoms with Gasteiger partial charge < -0.3 is 4.57 Å². The van der Waals surface area contributed by atoms with Crippen LogP contribution >= 0.6 is 11.3 Å². The molecule has 142 valence electrons. The molecule has 6 nitrogen and oxygen atoms in total. The second-order valence-electron chi connectivity index (χ2n) is 6.34. The van der Waals surface area contributed by atoms with Crippen LogP contribution in [0, 0.1) is 11.3 Å². The molecule has 29 heavy (non-hydrogen) atoms. The van der Waals surface area contributed by atoms with E-state index < -0.39 is 0 Å². The summed E-state index contributed by atoms with van der Waals surface area (Å²) in [5.41, 5.74) is 2.58. The van der Waals surface area contributed by atoms with E-state index in [9.17, 15) is 10.1 Å². The van der Waals surface area contributed by atoms with E-state index >= 15 is 0 Å². The first-order valence-electron chi connectivity index (χ1n) is 8.93. The molecule has 1 aromatic carbocycles. The molecular formula is C22H17N5OS. The number of pyridine rings is 1. The van der Waals surface area contributed by atoms with E-state index in [2.05, 4.69) is 22.6 Å². The largest absolute Gasteiger partial charge is 0.326 e. The van der Waals surface area contributed by atoms with Crippen molar-refractivity contribution in [2.45, 2.75) is 6.54 Å². The van der Waals surface area contributed by atoms with Crippen molar-refractivity contribution in [3.8, 4) is 6.07 Å². The first-order chi connectivity index (χ1) is 14.1. The van der Waals surface area contributed by atoms with Crippen LogP contribution in [-0.2, 0) is 13.6 Å². The number of aromatic nitrogens is 4. The summed E-state index contributed by atoms with van der Waals surface area (Å²) >= 11 is 1.26. The Kier molecular flexibility index (Phi) is 4.94. The van der Waals surface area contributed by atoms with Gasteiger partial charge in [-0.25, -0.2) is 4.98 Å². The lowest BCUT2D eigenvalue weighted by molar-refractivity contribution is 0.772. The summed E-state index contributed by atoms with van der Waals surface area (Å²) in [6.45, 7) is 4.05. The minimum absolute atomic E-state index is 0.179. The quantitative estimate of drug-likeness (QED) is 0.492. The van der Waals surface area contributed by atoms with Crippen LogP contribution in [0.25, 0.3) is 22.7 Å². The highest BCUT2D eigenvalue weighted by molar-refractivity contribution is 7.07. The molecule has 0 saturated carbocycles. The Bertz CT molecular complexity index is 1430. The van der Waals surface area contributed by atoms with Gasteiger partial charge in [0, 0.05) is 19.8 Å². The van der Waals surface area contributed by atoms with Crippen molar-refractivity contribution in [1.82, 2.24) is 19.1 Å². The molecular weight excluding hydrogens is 382 g/mol. The fourth-order valence-corrected chi connectivity index (χ4v) is 4.25. The van der Waals surface area contributed by atoms with Gasteiger partial charge in [0.05, 0.1) is 21.3 Å². The molecule has 4 aromatic rings. The number of nitrogens with zero attached hydrogens (tertiary/aromatic N) is 5. The molecule has 0 aliphatic rings. The third-order valence-corrected chi connectivity index (χ3v) is 5.65. The Morgan fingerprint density at radius 3 is 2.76 bits per heavy atom. The van der Waals surface area contributed by atoms with Crippen LogP contribution in [-0.4, -0.2) is 19.1 Å². The van der Waals surface area contributed by atoms with Crippen molar-refractivity contribution >= 4 is 34.0 Å². The molecule has 0 saturated heterocycles. The van der Waals surface area contributed by atoms with Crippen molar-refractivity contribution in [1.29, 1.82) is 5.26 Å². The standard InChI is InChI=1S/C22H17N5OS/c1-3-12-27-21(28)19(13-15-8-6-7-11-24-15)29-22(27)16(14-23)20-25-17-9-4-5-10-18(17)26(20)2/h3-11,13H,1,12H2,2H3/b19-13-,22-16-. The number of hydrogen-bond acceptors (Lipinski definition) is 5. The lowest BCUT2D eigenvalue weighted by atomic mass is 10.3. The lowest BCUT2D eigenvalue weighted by Gasteiger charge is -2.02. The third-order valence-electron chi connectivity index (χ3n) is 4.52. The fourth-order valence-electron chi connectivity index (χ4n) is 3.16. The number of aryl methyl sites for hydroxylation is 1. The summed E-state index contributed by atoms with van der Waals surface area (Å²) in [7, 11) is 1.87.